The summed E-state index contributed by atoms with van der Waals surface area (Å²) in [5.41, 5.74) is 0. The molecule has 5 heteroatoms. The first-order valence-corrected chi connectivity index (χ1v) is 7.00. The fourth-order valence-corrected chi connectivity index (χ4v) is 2.70. The quantitative estimate of drug-likeness (QED) is 0.617. The van der Waals surface area contributed by atoms with Crippen LogP contribution >= 0.6 is 24.0 Å². The van der Waals surface area contributed by atoms with Gasteiger partial charge in [0.15, 0.2) is 4.77 Å². The van der Waals surface area contributed by atoms with E-state index in [0.29, 0.717) is 6.04 Å². The third kappa shape index (κ3) is 3.34. The minimum Gasteiger partial charge on any atom is -0.301 e. The molecule has 0 fully saturated rings. The topological polar surface area (TPSA) is 33.6 Å². The molecule has 3 nitrogen and oxygen atoms in total. The molecule has 1 aromatic heterocycles. The fourth-order valence-electron chi connectivity index (χ4n) is 1.57. The number of nitrogens with one attached hydrogen (secondary N) is 1. The van der Waals surface area contributed by atoms with Crippen molar-refractivity contribution >= 4 is 24.0 Å². The molecule has 0 spiro atoms. The van der Waals surface area contributed by atoms with Crippen LogP contribution in [-0.2, 0) is 6.42 Å². The minimum absolute atomic E-state index is 0.449. The van der Waals surface area contributed by atoms with Gasteiger partial charge < -0.3 is 4.57 Å². The third-order valence-corrected chi connectivity index (χ3v) is 3.64. The fraction of sp³-hybridized carbons (Fsp3) is 0.800. The molecule has 1 unspecified atom stereocenters. The molecule has 0 aliphatic heterocycles. The Morgan fingerprint density at radius 2 is 2.27 bits per heavy atom. The summed E-state index contributed by atoms with van der Waals surface area (Å²) >= 11 is 7.21. The molecule has 0 aliphatic carbocycles. The minimum atomic E-state index is 0.449. The predicted octanol–water partition coefficient (Wildman–Crippen LogP) is 3.21. The van der Waals surface area contributed by atoms with Crippen LogP contribution in [0, 0.1) is 4.77 Å². The van der Waals surface area contributed by atoms with Crippen molar-refractivity contribution in [2.75, 3.05) is 11.5 Å². The summed E-state index contributed by atoms with van der Waals surface area (Å²) < 4.78 is 2.90. The molecule has 0 saturated heterocycles. The summed E-state index contributed by atoms with van der Waals surface area (Å²) in [4.78, 5) is 0. The molecule has 1 N–H and O–H groups in total. The summed E-state index contributed by atoms with van der Waals surface area (Å²) in [6.45, 7) is 6.51. The van der Waals surface area contributed by atoms with Gasteiger partial charge >= 0.3 is 0 Å². The van der Waals surface area contributed by atoms with Crippen molar-refractivity contribution in [2.45, 2.75) is 39.7 Å². The van der Waals surface area contributed by atoms with E-state index in [1.807, 2.05) is 11.8 Å². The van der Waals surface area contributed by atoms with Crippen LogP contribution < -0.4 is 0 Å². The second kappa shape index (κ2) is 6.33. The highest BCUT2D eigenvalue weighted by Crippen LogP contribution is 2.16. The molecule has 0 aromatic carbocycles. The van der Waals surface area contributed by atoms with Crippen molar-refractivity contribution in [2.24, 2.45) is 0 Å². The van der Waals surface area contributed by atoms with Crippen molar-refractivity contribution in [3.63, 3.8) is 0 Å². The van der Waals surface area contributed by atoms with Crippen LogP contribution in [0.25, 0.3) is 0 Å². The first-order valence-electron chi connectivity index (χ1n) is 5.44. The van der Waals surface area contributed by atoms with E-state index < -0.39 is 0 Å². The molecule has 0 aliphatic rings. The first kappa shape index (κ1) is 12.8. The maximum absolute atomic E-state index is 5.23. The van der Waals surface area contributed by atoms with Crippen LogP contribution in [-0.4, -0.2) is 26.3 Å². The van der Waals surface area contributed by atoms with Gasteiger partial charge in [0.2, 0.25) is 0 Å². The summed E-state index contributed by atoms with van der Waals surface area (Å²) in [6, 6.07) is 0.449. The molecule has 0 bridgehead atoms. The number of aromatic nitrogens is 3. The highest BCUT2D eigenvalue weighted by atomic mass is 32.2. The van der Waals surface area contributed by atoms with Gasteiger partial charge in [-0.25, -0.2) is 0 Å². The lowest BCUT2D eigenvalue weighted by Crippen LogP contribution is -2.10. The van der Waals surface area contributed by atoms with E-state index in [0.717, 1.165) is 23.4 Å². The number of hydrogen-bond donors (Lipinski definition) is 1. The normalized spacial score (nSPS) is 13.0. The number of aromatic amines is 1. The van der Waals surface area contributed by atoms with Gasteiger partial charge in [0, 0.05) is 12.5 Å². The van der Waals surface area contributed by atoms with Crippen molar-refractivity contribution in [1.29, 1.82) is 0 Å². The maximum Gasteiger partial charge on any atom is 0.195 e. The largest absolute Gasteiger partial charge is 0.301 e. The van der Waals surface area contributed by atoms with E-state index in [4.69, 9.17) is 12.2 Å². The van der Waals surface area contributed by atoms with Crippen LogP contribution in [0.2, 0.25) is 0 Å². The number of aryl methyl sites for hydroxylation is 1. The molecular weight excluding hydrogens is 226 g/mol. The number of hydrogen-bond acceptors (Lipinski definition) is 3. The van der Waals surface area contributed by atoms with Crippen LogP contribution in [0.15, 0.2) is 0 Å². The van der Waals surface area contributed by atoms with Gasteiger partial charge in [0.25, 0.3) is 0 Å². The molecular formula is C10H19N3S2. The van der Waals surface area contributed by atoms with Crippen LogP contribution in [0.5, 0.6) is 0 Å². The van der Waals surface area contributed by atoms with Crippen LogP contribution in [0.4, 0.5) is 0 Å². The SMILES string of the molecule is CCSCCC(C)n1c(CC)n[nH]c1=S. The monoisotopic (exact) mass is 245 g/mol. The van der Waals surface area contributed by atoms with E-state index in [-0.39, 0.29) is 0 Å². The molecule has 15 heavy (non-hydrogen) atoms. The average Bonchev–Trinajstić information content (AvgIpc) is 2.59. The Kier molecular flexibility index (Phi) is 5.39. The van der Waals surface area contributed by atoms with Gasteiger partial charge in [0.05, 0.1) is 0 Å². The van der Waals surface area contributed by atoms with E-state index in [9.17, 15) is 0 Å². The first-order chi connectivity index (χ1) is 7.20. The predicted molar refractivity (Wildman–Crippen MR) is 69.1 cm³/mol. The zero-order valence-corrected chi connectivity index (χ0v) is 11.2. The summed E-state index contributed by atoms with van der Waals surface area (Å²) in [5.74, 6) is 3.44. The molecule has 0 saturated carbocycles. The van der Waals surface area contributed by atoms with Crippen LogP contribution in [0.3, 0.4) is 0 Å². The second-order valence-corrected chi connectivity index (χ2v) is 5.28. The van der Waals surface area contributed by atoms with Crippen molar-refractivity contribution in [3.8, 4) is 0 Å². The van der Waals surface area contributed by atoms with Gasteiger partial charge in [-0.05, 0) is 37.1 Å². The Labute approximate surface area is 101 Å². The zero-order valence-electron chi connectivity index (χ0n) is 9.62. The lowest BCUT2D eigenvalue weighted by atomic mass is 10.2. The number of rotatable bonds is 6. The van der Waals surface area contributed by atoms with Gasteiger partial charge in [-0.1, -0.05) is 13.8 Å². The summed E-state index contributed by atoms with van der Waals surface area (Å²) in [5, 5.41) is 7.09. The number of nitrogens with zero attached hydrogens (tertiary/aromatic N) is 2. The molecule has 1 atom stereocenters. The molecule has 0 radical (unpaired) electrons. The van der Waals surface area contributed by atoms with E-state index in [1.54, 1.807) is 0 Å². The van der Waals surface area contributed by atoms with Crippen molar-refractivity contribution < 1.29 is 0 Å². The summed E-state index contributed by atoms with van der Waals surface area (Å²) in [6.07, 6.45) is 2.08. The molecule has 0 amide bonds. The molecule has 1 rings (SSSR count). The Morgan fingerprint density at radius 3 is 2.87 bits per heavy atom. The average molecular weight is 245 g/mol. The Morgan fingerprint density at radius 1 is 1.53 bits per heavy atom. The zero-order chi connectivity index (χ0) is 11.3. The Hall–Kier alpha value is -0.290. The van der Waals surface area contributed by atoms with Crippen LogP contribution in [0.1, 0.15) is 39.1 Å². The Bertz CT molecular complexity index is 343. The highest BCUT2D eigenvalue weighted by Gasteiger charge is 2.10. The van der Waals surface area contributed by atoms with E-state index >= 15 is 0 Å². The van der Waals surface area contributed by atoms with Gasteiger partial charge in [0.1, 0.15) is 5.82 Å². The molecule has 1 heterocycles. The van der Waals surface area contributed by atoms with Gasteiger partial charge in [-0.3, -0.25) is 5.10 Å². The van der Waals surface area contributed by atoms with E-state index in [1.165, 1.54) is 11.5 Å². The number of thioether (sulfide) groups is 1. The summed E-state index contributed by atoms with van der Waals surface area (Å²) in [7, 11) is 0. The van der Waals surface area contributed by atoms with E-state index in [2.05, 4.69) is 35.5 Å². The lowest BCUT2D eigenvalue weighted by Gasteiger charge is -2.14. The van der Waals surface area contributed by atoms with Gasteiger partial charge in [-0.15, -0.1) is 0 Å². The van der Waals surface area contributed by atoms with Crippen molar-refractivity contribution in [3.05, 3.63) is 10.6 Å². The number of H-pyrrole nitrogens is 1. The van der Waals surface area contributed by atoms with Gasteiger partial charge in [-0.2, -0.15) is 16.9 Å². The smallest absolute Gasteiger partial charge is 0.195 e. The molecule has 1 aromatic rings. The lowest BCUT2D eigenvalue weighted by molar-refractivity contribution is 0.508. The standard InChI is InChI=1S/C10H19N3S2/c1-4-9-11-12-10(14)13(9)8(3)6-7-15-5-2/h8H,4-7H2,1-3H3,(H,12,14). The highest BCUT2D eigenvalue weighted by molar-refractivity contribution is 7.99. The van der Waals surface area contributed by atoms with Crippen molar-refractivity contribution in [1.82, 2.24) is 14.8 Å². The maximum atomic E-state index is 5.23. The molecule has 86 valence electrons. The Balaban J connectivity index is 2.67. The third-order valence-electron chi connectivity index (χ3n) is 2.42. The second-order valence-electron chi connectivity index (χ2n) is 3.50.